The van der Waals surface area contributed by atoms with E-state index in [9.17, 15) is 4.79 Å². The third-order valence-electron chi connectivity index (χ3n) is 1.68. The molecule has 1 amide bonds. The number of nitrogens with one attached hydrogen (secondary N) is 1. The van der Waals surface area contributed by atoms with Crippen LogP contribution in [0.2, 0.25) is 0 Å². The van der Waals surface area contributed by atoms with E-state index in [-0.39, 0.29) is 5.91 Å². The van der Waals surface area contributed by atoms with E-state index in [4.69, 9.17) is 4.42 Å². The summed E-state index contributed by atoms with van der Waals surface area (Å²) < 4.78 is 6.09. The van der Waals surface area contributed by atoms with E-state index in [1.54, 1.807) is 6.08 Å². The summed E-state index contributed by atoms with van der Waals surface area (Å²) in [7, 11) is 0. The Morgan fingerprint density at radius 1 is 1.60 bits per heavy atom. The molecule has 82 valence electrons. The molecule has 1 N–H and O–H groups in total. The number of hydrogen-bond acceptors (Lipinski definition) is 2. The fourth-order valence-electron chi connectivity index (χ4n) is 0.939. The Morgan fingerprint density at radius 3 is 2.87 bits per heavy atom. The monoisotopic (exact) mass is 319 g/mol. The van der Waals surface area contributed by atoms with Crippen LogP contribution in [-0.4, -0.2) is 12.5 Å². The first-order chi connectivity index (χ1) is 7.08. The summed E-state index contributed by atoms with van der Waals surface area (Å²) in [4.78, 5) is 11.3. The molecule has 15 heavy (non-hydrogen) atoms. The van der Waals surface area contributed by atoms with Crippen LogP contribution in [0.15, 0.2) is 22.6 Å². The average Bonchev–Trinajstić information content (AvgIpc) is 2.58. The van der Waals surface area contributed by atoms with Gasteiger partial charge in [0.2, 0.25) is 5.91 Å². The van der Waals surface area contributed by atoms with Crippen molar-refractivity contribution < 1.29 is 9.21 Å². The van der Waals surface area contributed by atoms with Crippen molar-refractivity contribution in [3.05, 3.63) is 27.7 Å². The van der Waals surface area contributed by atoms with Gasteiger partial charge < -0.3 is 9.73 Å². The second kappa shape index (κ2) is 5.95. The zero-order chi connectivity index (χ0) is 11.3. The summed E-state index contributed by atoms with van der Waals surface area (Å²) in [5.74, 6) is 1.07. The molecule has 0 spiro atoms. The predicted molar refractivity (Wildman–Crippen MR) is 68.3 cm³/mol. The number of halogens is 1. The van der Waals surface area contributed by atoms with Gasteiger partial charge in [-0.3, -0.25) is 4.79 Å². The Kier molecular flexibility index (Phi) is 4.87. The highest BCUT2D eigenvalue weighted by Crippen LogP contribution is 2.11. The SMILES string of the molecule is CC(C)CNC(=O)/C=C/c1ccc(I)o1. The lowest BCUT2D eigenvalue weighted by atomic mass is 10.2. The molecule has 4 heteroatoms. The van der Waals surface area contributed by atoms with E-state index in [2.05, 4.69) is 41.8 Å². The minimum atomic E-state index is -0.0879. The highest BCUT2D eigenvalue weighted by atomic mass is 127. The Hall–Kier alpha value is -0.780. The first kappa shape index (κ1) is 12.3. The molecule has 0 aliphatic rings. The van der Waals surface area contributed by atoms with Gasteiger partial charge in [-0.05, 0) is 46.7 Å². The van der Waals surface area contributed by atoms with Gasteiger partial charge in [0.05, 0.1) is 0 Å². The molecule has 0 bridgehead atoms. The number of carbonyl (C=O) groups excluding carboxylic acids is 1. The number of hydrogen-bond donors (Lipinski definition) is 1. The quantitative estimate of drug-likeness (QED) is 0.685. The first-order valence-corrected chi connectivity index (χ1v) is 5.87. The minimum absolute atomic E-state index is 0.0879. The van der Waals surface area contributed by atoms with E-state index in [0.717, 1.165) is 3.77 Å². The highest BCUT2D eigenvalue weighted by molar-refractivity contribution is 14.1. The van der Waals surface area contributed by atoms with Crippen LogP contribution in [-0.2, 0) is 4.79 Å². The lowest BCUT2D eigenvalue weighted by Gasteiger charge is -2.03. The largest absolute Gasteiger partial charge is 0.451 e. The number of amides is 1. The third-order valence-corrected chi connectivity index (χ3v) is 2.26. The first-order valence-electron chi connectivity index (χ1n) is 4.79. The molecule has 0 atom stereocenters. The molecule has 1 rings (SSSR count). The Morgan fingerprint density at radius 2 is 2.33 bits per heavy atom. The van der Waals surface area contributed by atoms with E-state index in [1.807, 2.05) is 12.1 Å². The van der Waals surface area contributed by atoms with Crippen LogP contribution in [0.5, 0.6) is 0 Å². The molecule has 0 saturated carbocycles. The highest BCUT2D eigenvalue weighted by Gasteiger charge is 1.98. The van der Waals surface area contributed by atoms with Crippen LogP contribution in [0.3, 0.4) is 0 Å². The molecular weight excluding hydrogens is 305 g/mol. The molecule has 0 unspecified atom stereocenters. The van der Waals surface area contributed by atoms with Gasteiger partial charge in [0, 0.05) is 12.6 Å². The molecule has 0 saturated heterocycles. The summed E-state index contributed by atoms with van der Waals surface area (Å²) >= 11 is 2.08. The summed E-state index contributed by atoms with van der Waals surface area (Å²) in [6.07, 6.45) is 3.15. The molecule has 0 aliphatic heterocycles. The molecule has 0 radical (unpaired) electrons. The van der Waals surface area contributed by atoms with Crippen LogP contribution in [0.4, 0.5) is 0 Å². The maximum atomic E-state index is 11.3. The van der Waals surface area contributed by atoms with Crippen LogP contribution < -0.4 is 5.32 Å². The van der Waals surface area contributed by atoms with Crippen LogP contribution >= 0.6 is 22.6 Å². The van der Waals surface area contributed by atoms with E-state index in [1.165, 1.54) is 6.08 Å². The lowest BCUT2D eigenvalue weighted by molar-refractivity contribution is -0.116. The van der Waals surface area contributed by atoms with Crippen molar-refractivity contribution in [2.75, 3.05) is 6.54 Å². The van der Waals surface area contributed by atoms with E-state index in [0.29, 0.717) is 18.2 Å². The molecular formula is C11H14INO2. The molecule has 0 aliphatic carbocycles. The van der Waals surface area contributed by atoms with Gasteiger partial charge in [0.1, 0.15) is 5.76 Å². The zero-order valence-electron chi connectivity index (χ0n) is 8.79. The molecule has 3 nitrogen and oxygen atoms in total. The van der Waals surface area contributed by atoms with Gasteiger partial charge in [-0.15, -0.1) is 0 Å². The topological polar surface area (TPSA) is 42.2 Å². The van der Waals surface area contributed by atoms with E-state index < -0.39 is 0 Å². The Labute approximate surface area is 103 Å². The fourth-order valence-corrected chi connectivity index (χ4v) is 1.37. The predicted octanol–water partition coefficient (Wildman–Crippen LogP) is 2.67. The van der Waals surface area contributed by atoms with Crippen molar-refractivity contribution in [1.82, 2.24) is 5.32 Å². The molecule has 1 aromatic heterocycles. The summed E-state index contributed by atoms with van der Waals surface area (Å²) in [5, 5.41) is 2.79. The van der Waals surface area contributed by atoms with Gasteiger partial charge in [0.25, 0.3) is 0 Å². The van der Waals surface area contributed by atoms with E-state index >= 15 is 0 Å². The van der Waals surface area contributed by atoms with Gasteiger partial charge in [-0.25, -0.2) is 0 Å². The van der Waals surface area contributed by atoms with Crippen molar-refractivity contribution in [2.45, 2.75) is 13.8 Å². The Balaban J connectivity index is 2.40. The van der Waals surface area contributed by atoms with Gasteiger partial charge in [-0.1, -0.05) is 13.8 Å². The van der Waals surface area contributed by atoms with Crippen LogP contribution in [0, 0.1) is 9.68 Å². The molecule has 0 fully saturated rings. The number of rotatable bonds is 4. The lowest BCUT2D eigenvalue weighted by Crippen LogP contribution is -2.25. The van der Waals surface area contributed by atoms with Gasteiger partial charge in [-0.2, -0.15) is 0 Å². The number of carbonyl (C=O) groups is 1. The fraction of sp³-hybridized carbons (Fsp3) is 0.364. The minimum Gasteiger partial charge on any atom is -0.451 e. The van der Waals surface area contributed by atoms with Gasteiger partial charge >= 0.3 is 0 Å². The van der Waals surface area contributed by atoms with Crippen LogP contribution in [0.1, 0.15) is 19.6 Å². The smallest absolute Gasteiger partial charge is 0.244 e. The zero-order valence-corrected chi connectivity index (χ0v) is 10.9. The molecule has 0 aromatic carbocycles. The molecule has 1 aromatic rings. The van der Waals surface area contributed by atoms with Crippen LogP contribution in [0.25, 0.3) is 6.08 Å². The van der Waals surface area contributed by atoms with Gasteiger partial charge in [0.15, 0.2) is 3.77 Å². The van der Waals surface area contributed by atoms with Crippen molar-refractivity contribution in [2.24, 2.45) is 5.92 Å². The molecule has 1 heterocycles. The van der Waals surface area contributed by atoms with Crippen molar-refractivity contribution in [3.63, 3.8) is 0 Å². The number of furan rings is 1. The summed E-state index contributed by atoms with van der Waals surface area (Å²) in [5.41, 5.74) is 0. The van der Waals surface area contributed by atoms with Crippen molar-refractivity contribution in [1.29, 1.82) is 0 Å². The third kappa shape index (κ3) is 5.01. The maximum absolute atomic E-state index is 11.3. The normalized spacial score (nSPS) is 11.2. The maximum Gasteiger partial charge on any atom is 0.244 e. The summed E-state index contributed by atoms with van der Waals surface area (Å²) in [6, 6.07) is 3.68. The standard InChI is InChI=1S/C11H14INO2/c1-8(2)7-13-11(14)6-4-9-3-5-10(12)15-9/h3-6,8H,7H2,1-2H3,(H,13,14)/b6-4+. The Bertz CT molecular complexity index is 355. The summed E-state index contributed by atoms with van der Waals surface area (Å²) in [6.45, 7) is 4.80. The second-order valence-electron chi connectivity index (χ2n) is 3.61. The second-order valence-corrected chi connectivity index (χ2v) is 4.68. The van der Waals surface area contributed by atoms with Crippen molar-refractivity contribution in [3.8, 4) is 0 Å². The average molecular weight is 319 g/mol. The van der Waals surface area contributed by atoms with Crippen molar-refractivity contribution >= 4 is 34.6 Å².